The van der Waals surface area contributed by atoms with E-state index < -0.39 is 0 Å². The minimum atomic E-state index is 0. The zero-order valence-electron chi connectivity index (χ0n) is 16.9. The molecule has 0 unspecified atom stereocenters. The first kappa shape index (κ1) is 24.1. The van der Waals surface area contributed by atoms with Crippen LogP contribution in [0.15, 0.2) is 29.3 Å². The zero-order chi connectivity index (χ0) is 18.6. The van der Waals surface area contributed by atoms with Gasteiger partial charge in [0.05, 0.1) is 32.5 Å². The quantitative estimate of drug-likeness (QED) is 0.317. The van der Waals surface area contributed by atoms with Gasteiger partial charge in [0.25, 0.3) is 0 Å². The van der Waals surface area contributed by atoms with Crippen LogP contribution < -0.4 is 10.6 Å². The number of guanidine groups is 1. The van der Waals surface area contributed by atoms with Crippen LogP contribution in [0.5, 0.6) is 0 Å². The second-order valence-corrected chi connectivity index (χ2v) is 6.75. The monoisotopic (exact) mass is 490 g/mol. The summed E-state index contributed by atoms with van der Waals surface area (Å²) in [6, 6.07) is 8.48. The van der Waals surface area contributed by atoms with E-state index in [1.807, 2.05) is 0 Å². The molecule has 1 aromatic carbocycles. The highest BCUT2D eigenvalue weighted by Gasteiger charge is 2.09. The summed E-state index contributed by atoms with van der Waals surface area (Å²) in [5.74, 6) is 0.868. The molecule has 1 fully saturated rings. The van der Waals surface area contributed by atoms with Crippen molar-refractivity contribution in [2.75, 3.05) is 45.9 Å². The second-order valence-electron chi connectivity index (χ2n) is 6.75. The van der Waals surface area contributed by atoms with E-state index >= 15 is 0 Å². The Hall–Kier alpha value is -0.900. The third-order valence-electron chi connectivity index (χ3n) is 4.19. The molecule has 154 valence electrons. The van der Waals surface area contributed by atoms with Crippen LogP contribution in [0, 0.1) is 0 Å². The molecule has 2 rings (SSSR count). The molecule has 0 saturated carbocycles. The lowest BCUT2D eigenvalue weighted by Crippen LogP contribution is -2.44. The van der Waals surface area contributed by atoms with Crippen molar-refractivity contribution in [2.45, 2.75) is 40.0 Å². The number of hydrogen-bond acceptors (Lipinski definition) is 4. The van der Waals surface area contributed by atoms with E-state index in [9.17, 15) is 0 Å². The molecule has 0 aliphatic carbocycles. The Balaban J connectivity index is 0.00000364. The second kappa shape index (κ2) is 14.1. The lowest BCUT2D eigenvalue weighted by Gasteiger charge is -2.26. The van der Waals surface area contributed by atoms with Gasteiger partial charge in [-0.15, -0.1) is 24.0 Å². The van der Waals surface area contributed by atoms with Crippen LogP contribution in [0.25, 0.3) is 0 Å². The minimum absolute atomic E-state index is 0. The molecule has 0 radical (unpaired) electrons. The first-order valence-electron chi connectivity index (χ1n) is 9.69. The number of benzene rings is 1. The van der Waals surface area contributed by atoms with E-state index in [4.69, 9.17) is 14.5 Å². The highest BCUT2D eigenvalue weighted by atomic mass is 127. The number of rotatable bonds is 9. The molecule has 7 heteroatoms. The Morgan fingerprint density at radius 2 is 1.81 bits per heavy atom. The molecule has 2 N–H and O–H groups in total. The largest absolute Gasteiger partial charge is 0.379 e. The van der Waals surface area contributed by atoms with Crippen LogP contribution in [0.3, 0.4) is 0 Å². The SMILES string of the molecule is CCNC(=NCc1ccc(COC(C)C)cc1)NCCN1CCOCC1.I. The van der Waals surface area contributed by atoms with Crippen molar-refractivity contribution < 1.29 is 9.47 Å². The molecule has 1 aromatic rings. The Kier molecular flexibility index (Phi) is 12.6. The van der Waals surface area contributed by atoms with Gasteiger partial charge in [-0.1, -0.05) is 24.3 Å². The Labute approximate surface area is 181 Å². The molecular weight excluding hydrogens is 455 g/mol. The summed E-state index contributed by atoms with van der Waals surface area (Å²) in [5.41, 5.74) is 2.39. The van der Waals surface area contributed by atoms with Crippen LogP contribution in [0.2, 0.25) is 0 Å². The van der Waals surface area contributed by atoms with Gasteiger partial charge in [0.15, 0.2) is 5.96 Å². The summed E-state index contributed by atoms with van der Waals surface area (Å²) < 4.78 is 11.0. The predicted molar refractivity (Wildman–Crippen MR) is 122 cm³/mol. The van der Waals surface area contributed by atoms with Gasteiger partial charge < -0.3 is 20.1 Å². The first-order valence-corrected chi connectivity index (χ1v) is 9.69. The maximum Gasteiger partial charge on any atom is 0.191 e. The predicted octanol–water partition coefficient (Wildman–Crippen LogP) is 2.62. The van der Waals surface area contributed by atoms with Crippen molar-refractivity contribution >= 4 is 29.9 Å². The number of hydrogen-bond donors (Lipinski definition) is 2. The molecule has 0 amide bonds. The van der Waals surface area contributed by atoms with Crippen molar-refractivity contribution in [3.63, 3.8) is 0 Å². The maximum absolute atomic E-state index is 5.63. The van der Waals surface area contributed by atoms with Gasteiger partial charge in [0, 0.05) is 32.7 Å². The summed E-state index contributed by atoms with van der Waals surface area (Å²) in [6.07, 6.45) is 0.255. The van der Waals surface area contributed by atoms with Gasteiger partial charge in [-0.25, -0.2) is 4.99 Å². The molecule has 1 heterocycles. The van der Waals surface area contributed by atoms with E-state index in [0.29, 0.717) is 13.2 Å². The van der Waals surface area contributed by atoms with E-state index in [1.54, 1.807) is 0 Å². The van der Waals surface area contributed by atoms with Gasteiger partial charge >= 0.3 is 0 Å². The Bertz CT molecular complexity index is 531. The van der Waals surface area contributed by atoms with Crippen molar-refractivity contribution in [1.29, 1.82) is 0 Å². The standard InChI is InChI=1S/C20H34N4O2.HI/c1-4-21-20(22-9-10-24-11-13-25-14-12-24)23-15-18-5-7-19(8-6-18)16-26-17(2)3;/h5-8,17H,4,9-16H2,1-3H3,(H2,21,22,23);1H. The summed E-state index contributed by atoms with van der Waals surface area (Å²) in [6.45, 7) is 14.0. The number of nitrogens with one attached hydrogen (secondary N) is 2. The fraction of sp³-hybridized carbons (Fsp3) is 0.650. The highest BCUT2D eigenvalue weighted by molar-refractivity contribution is 14.0. The average Bonchev–Trinajstić information content (AvgIpc) is 2.66. The Morgan fingerprint density at radius 1 is 1.15 bits per heavy atom. The Morgan fingerprint density at radius 3 is 2.44 bits per heavy atom. The van der Waals surface area contributed by atoms with Gasteiger partial charge in [-0.2, -0.15) is 0 Å². The first-order chi connectivity index (χ1) is 12.7. The number of morpholine rings is 1. The number of aliphatic imine (C=N–C) groups is 1. The number of ether oxygens (including phenoxy) is 2. The van der Waals surface area contributed by atoms with E-state index in [1.165, 1.54) is 11.1 Å². The van der Waals surface area contributed by atoms with Crippen LogP contribution in [-0.2, 0) is 22.6 Å². The van der Waals surface area contributed by atoms with Crippen molar-refractivity contribution in [2.24, 2.45) is 4.99 Å². The van der Waals surface area contributed by atoms with Crippen LogP contribution >= 0.6 is 24.0 Å². The molecule has 1 aliphatic heterocycles. The lowest BCUT2D eigenvalue weighted by atomic mass is 10.1. The molecule has 27 heavy (non-hydrogen) atoms. The summed E-state index contributed by atoms with van der Waals surface area (Å²) in [7, 11) is 0. The molecule has 0 atom stereocenters. The van der Waals surface area contributed by atoms with E-state index in [-0.39, 0.29) is 30.1 Å². The molecule has 1 saturated heterocycles. The van der Waals surface area contributed by atoms with Crippen LogP contribution in [0.4, 0.5) is 0 Å². The summed E-state index contributed by atoms with van der Waals surface area (Å²) >= 11 is 0. The highest BCUT2D eigenvalue weighted by Crippen LogP contribution is 2.08. The van der Waals surface area contributed by atoms with Gasteiger partial charge in [-0.05, 0) is 31.9 Å². The van der Waals surface area contributed by atoms with Crippen LogP contribution in [-0.4, -0.2) is 62.9 Å². The van der Waals surface area contributed by atoms with Gasteiger partial charge in [-0.3, -0.25) is 4.90 Å². The smallest absolute Gasteiger partial charge is 0.191 e. The molecule has 0 bridgehead atoms. The maximum atomic E-state index is 5.63. The van der Waals surface area contributed by atoms with Crippen molar-refractivity contribution in [3.05, 3.63) is 35.4 Å². The van der Waals surface area contributed by atoms with Gasteiger partial charge in [0.2, 0.25) is 0 Å². The van der Waals surface area contributed by atoms with E-state index in [2.05, 4.69) is 60.6 Å². The van der Waals surface area contributed by atoms with E-state index in [0.717, 1.165) is 51.9 Å². The molecule has 0 aromatic heterocycles. The fourth-order valence-electron chi connectivity index (χ4n) is 2.67. The third-order valence-corrected chi connectivity index (χ3v) is 4.19. The average molecular weight is 490 g/mol. The molecule has 6 nitrogen and oxygen atoms in total. The normalized spacial score (nSPS) is 15.5. The third kappa shape index (κ3) is 10.3. The van der Waals surface area contributed by atoms with Crippen LogP contribution in [0.1, 0.15) is 31.9 Å². The fourth-order valence-corrected chi connectivity index (χ4v) is 2.67. The number of halogens is 1. The topological polar surface area (TPSA) is 58.1 Å². The number of nitrogens with zero attached hydrogens (tertiary/aromatic N) is 2. The lowest BCUT2D eigenvalue weighted by molar-refractivity contribution is 0.0389. The summed E-state index contributed by atoms with van der Waals surface area (Å²) in [4.78, 5) is 7.10. The molecular formula is C20H35IN4O2. The van der Waals surface area contributed by atoms with Crippen molar-refractivity contribution in [1.82, 2.24) is 15.5 Å². The molecule has 1 aliphatic rings. The molecule has 0 spiro atoms. The zero-order valence-corrected chi connectivity index (χ0v) is 19.2. The van der Waals surface area contributed by atoms with Gasteiger partial charge in [0.1, 0.15) is 0 Å². The summed E-state index contributed by atoms with van der Waals surface area (Å²) in [5, 5.41) is 6.73. The minimum Gasteiger partial charge on any atom is -0.379 e. The van der Waals surface area contributed by atoms with Crippen molar-refractivity contribution in [3.8, 4) is 0 Å².